The predicted molar refractivity (Wildman–Crippen MR) is 76.3 cm³/mol. The quantitative estimate of drug-likeness (QED) is 0.529. The first-order valence-electron chi connectivity index (χ1n) is 4.80. The molecule has 0 aliphatic rings. The maximum atomic E-state index is 13.2. The Hall–Kier alpha value is -0.670. The van der Waals surface area contributed by atoms with Crippen LogP contribution in [0.15, 0.2) is 24.3 Å². The first-order chi connectivity index (χ1) is 8.43. The normalized spacial score (nSPS) is 10.7. The highest BCUT2D eigenvalue weighted by Gasteiger charge is 2.19. The number of anilines is 1. The minimum absolute atomic E-state index is 0.102. The lowest BCUT2D eigenvalue weighted by Gasteiger charge is -2.13. The van der Waals surface area contributed by atoms with Crippen molar-refractivity contribution in [2.75, 3.05) is 5.73 Å². The van der Waals surface area contributed by atoms with Crippen molar-refractivity contribution in [1.29, 1.82) is 0 Å². The van der Waals surface area contributed by atoms with Crippen LogP contribution in [-0.2, 0) is 0 Å². The lowest BCUT2D eigenvalue weighted by molar-refractivity contribution is 0.628. The largest absolute Gasteiger partial charge is 0.396 e. The molecule has 6 heteroatoms. The van der Waals surface area contributed by atoms with Crippen LogP contribution in [0.2, 0.25) is 20.1 Å². The van der Waals surface area contributed by atoms with E-state index >= 15 is 0 Å². The van der Waals surface area contributed by atoms with Crippen molar-refractivity contribution < 1.29 is 4.39 Å². The highest BCUT2D eigenvalue weighted by molar-refractivity contribution is 6.52. The van der Waals surface area contributed by atoms with E-state index in [2.05, 4.69) is 0 Å². The Morgan fingerprint density at radius 3 is 1.94 bits per heavy atom. The third-order valence-corrected chi connectivity index (χ3v) is 4.15. The molecule has 0 fully saturated rings. The molecule has 0 amide bonds. The molecule has 2 N–H and O–H groups in total. The molecule has 2 rings (SSSR count). The van der Waals surface area contributed by atoms with Crippen LogP contribution in [0.4, 0.5) is 10.1 Å². The molecule has 0 saturated carbocycles. The fourth-order valence-electron chi connectivity index (χ4n) is 1.55. The van der Waals surface area contributed by atoms with Gasteiger partial charge in [0.1, 0.15) is 5.82 Å². The molecule has 0 radical (unpaired) electrons. The van der Waals surface area contributed by atoms with Gasteiger partial charge in [-0.05, 0) is 17.7 Å². The molecular formula is C12H6Cl4FN. The summed E-state index contributed by atoms with van der Waals surface area (Å²) in [5, 5.41) is 0.499. The molecule has 0 aliphatic heterocycles. The average molecular weight is 325 g/mol. The van der Waals surface area contributed by atoms with E-state index in [4.69, 9.17) is 52.1 Å². The maximum Gasteiger partial charge on any atom is 0.123 e. The topological polar surface area (TPSA) is 26.0 Å². The molecule has 0 bridgehead atoms. The van der Waals surface area contributed by atoms with Gasteiger partial charge in [0.25, 0.3) is 0 Å². The Kier molecular flexibility index (Phi) is 3.93. The van der Waals surface area contributed by atoms with Gasteiger partial charge in [0.2, 0.25) is 0 Å². The fourth-order valence-corrected chi connectivity index (χ4v) is 2.63. The Morgan fingerprint density at radius 2 is 1.44 bits per heavy atom. The van der Waals surface area contributed by atoms with Crippen LogP contribution in [-0.4, -0.2) is 0 Å². The maximum absolute atomic E-state index is 13.2. The molecule has 2 aromatic rings. The number of hydrogen-bond donors (Lipinski definition) is 1. The minimum atomic E-state index is -0.413. The number of nitrogens with two attached hydrogens (primary N) is 1. The Labute approximate surface area is 123 Å². The molecule has 94 valence electrons. The number of nitrogen functional groups attached to an aromatic ring is 1. The molecule has 0 aliphatic carbocycles. The van der Waals surface area contributed by atoms with E-state index < -0.39 is 5.82 Å². The molecule has 2 aromatic carbocycles. The van der Waals surface area contributed by atoms with E-state index in [1.807, 2.05) is 0 Å². The number of rotatable bonds is 1. The smallest absolute Gasteiger partial charge is 0.123 e. The van der Waals surface area contributed by atoms with Crippen LogP contribution < -0.4 is 5.73 Å². The van der Waals surface area contributed by atoms with Gasteiger partial charge < -0.3 is 5.73 Å². The highest BCUT2D eigenvalue weighted by Crippen LogP contribution is 2.47. The number of hydrogen-bond acceptors (Lipinski definition) is 1. The Bertz CT molecular complexity index is 599. The summed E-state index contributed by atoms with van der Waals surface area (Å²) in [6.07, 6.45) is 0. The summed E-state index contributed by atoms with van der Waals surface area (Å²) in [5.74, 6) is -0.413. The van der Waals surface area contributed by atoms with Gasteiger partial charge in [-0.25, -0.2) is 4.39 Å². The van der Waals surface area contributed by atoms with Crippen molar-refractivity contribution in [2.45, 2.75) is 0 Å². The van der Waals surface area contributed by atoms with Crippen LogP contribution in [0, 0.1) is 5.82 Å². The first kappa shape index (κ1) is 13.8. The lowest BCUT2D eigenvalue weighted by atomic mass is 10.0. The second-order valence-electron chi connectivity index (χ2n) is 3.55. The van der Waals surface area contributed by atoms with E-state index in [0.717, 1.165) is 0 Å². The predicted octanol–water partition coefficient (Wildman–Crippen LogP) is 5.69. The van der Waals surface area contributed by atoms with Gasteiger partial charge in [0, 0.05) is 5.56 Å². The summed E-state index contributed by atoms with van der Waals surface area (Å²) >= 11 is 24.1. The van der Waals surface area contributed by atoms with Crippen LogP contribution in [0.25, 0.3) is 11.1 Å². The van der Waals surface area contributed by atoms with Crippen molar-refractivity contribution in [3.8, 4) is 11.1 Å². The summed E-state index contributed by atoms with van der Waals surface area (Å²) in [7, 11) is 0. The zero-order valence-corrected chi connectivity index (χ0v) is 11.8. The standard InChI is InChI=1S/C12H6Cl4FN/c13-8-7(5-2-1-3-6(17)4-5)9(14)11(16)12(18)10(8)15/h1-4H,18H2. The monoisotopic (exact) mass is 323 g/mol. The molecule has 0 atom stereocenters. The molecule has 0 aromatic heterocycles. The van der Waals surface area contributed by atoms with E-state index in [1.165, 1.54) is 18.2 Å². The van der Waals surface area contributed by atoms with Gasteiger partial charge >= 0.3 is 0 Å². The van der Waals surface area contributed by atoms with E-state index in [-0.39, 0.29) is 25.8 Å². The zero-order valence-electron chi connectivity index (χ0n) is 8.78. The summed E-state index contributed by atoms with van der Waals surface area (Å²) in [5.41, 5.74) is 6.60. The van der Waals surface area contributed by atoms with Gasteiger partial charge in [-0.3, -0.25) is 0 Å². The summed E-state index contributed by atoms with van der Waals surface area (Å²) < 4.78 is 13.2. The van der Waals surface area contributed by atoms with Gasteiger partial charge in [-0.1, -0.05) is 58.5 Å². The van der Waals surface area contributed by atoms with E-state index in [9.17, 15) is 4.39 Å². The van der Waals surface area contributed by atoms with Crippen molar-refractivity contribution in [3.63, 3.8) is 0 Å². The van der Waals surface area contributed by atoms with Gasteiger partial charge in [-0.2, -0.15) is 0 Å². The van der Waals surface area contributed by atoms with Gasteiger partial charge in [0.05, 0.1) is 25.8 Å². The van der Waals surface area contributed by atoms with Crippen LogP contribution >= 0.6 is 46.4 Å². The van der Waals surface area contributed by atoms with Crippen molar-refractivity contribution >= 4 is 52.1 Å². The SMILES string of the molecule is Nc1c(Cl)c(Cl)c(-c2cccc(F)c2)c(Cl)c1Cl. The molecule has 0 unspecified atom stereocenters. The van der Waals surface area contributed by atoms with Gasteiger partial charge in [-0.15, -0.1) is 0 Å². The average Bonchev–Trinajstić information content (AvgIpc) is 2.34. The summed E-state index contributed by atoms with van der Waals surface area (Å²) in [6, 6.07) is 5.79. The highest BCUT2D eigenvalue weighted by atomic mass is 35.5. The zero-order chi connectivity index (χ0) is 13.4. The lowest BCUT2D eigenvalue weighted by Crippen LogP contribution is -1.93. The van der Waals surface area contributed by atoms with Crippen LogP contribution in [0.3, 0.4) is 0 Å². The van der Waals surface area contributed by atoms with Crippen molar-refractivity contribution in [1.82, 2.24) is 0 Å². The first-order valence-corrected chi connectivity index (χ1v) is 6.32. The van der Waals surface area contributed by atoms with Crippen molar-refractivity contribution in [2.24, 2.45) is 0 Å². The summed E-state index contributed by atoms with van der Waals surface area (Å²) in [6.45, 7) is 0. The second kappa shape index (κ2) is 5.14. The number of benzene rings is 2. The minimum Gasteiger partial charge on any atom is -0.396 e. The molecule has 0 saturated heterocycles. The second-order valence-corrected chi connectivity index (χ2v) is 5.07. The molecule has 18 heavy (non-hydrogen) atoms. The number of halogens is 5. The van der Waals surface area contributed by atoms with Crippen molar-refractivity contribution in [3.05, 3.63) is 50.2 Å². The molecule has 0 spiro atoms. The van der Waals surface area contributed by atoms with E-state index in [0.29, 0.717) is 11.1 Å². The van der Waals surface area contributed by atoms with Crippen LogP contribution in [0.5, 0.6) is 0 Å². The third-order valence-electron chi connectivity index (χ3n) is 2.41. The summed E-state index contributed by atoms with van der Waals surface area (Å²) in [4.78, 5) is 0. The Morgan fingerprint density at radius 1 is 0.889 bits per heavy atom. The Balaban J connectivity index is 2.80. The fraction of sp³-hybridized carbons (Fsp3) is 0. The molecule has 0 heterocycles. The van der Waals surface area contributed by atoms with Gasteiger partial charge in [0.15, 0.2) is 0 Å². The molecular weight excluding hydrogens is 319 g/mol. The molecule has 1 nitrogen and oxygen atoms in total. The third kappa shape index (κ3) is 2.26. The van der Waals surface area contributed by atoms with Crippen LogP contribution in [0.1, 0.15) is 0 Å². The van der Waals surface area contributed by atoms with E-state index in [1.54, 1.807) is 6.07 Å².